The Labute approximate surface area is 120 Å². The highest BCUT2D eigenvalue weighted by atomic mass is 32.1. The van der Waals surface area contributed by atoms with Gasteiger partial charge in [-0.25, -0.2) is 0 Å². The van der Waals surface area contributed by atoms with Crippen LogP contribution >= 0.6 is 12.2 Å². The standard InChI is InChI=1S/C15H22N2OS/c1-17(13-4-2-3-5-13)10-14(18)11-6-8-12(9-7-11)15(16)19/h6-9,13-14,18H,2-5,10H2,1H3,(H2,16,19). The van der Waals surface area contributed by atoms with Crippen LogP contribution in [-0.4, -0.2) is 34.6 Å². The van der Waals surface area contributed by atoms with Gasteiger partial charge in [-0.2, -0.15) is 0 Å². The quantitative estimate of drug-likeness (QED) is 0.811. The third-order valence-electron chi connectivity index (χ3n) is 3.99. The van der Waals surface area contributed by atoms with Crippen LogP contribution < -0.4 is 5.73 Å². The van der Waals surface area contributed by atoms with E-state index in [2.05, 4.69) is 11.9 Å². The molecule has 0 radical (unpaired) electrons. The van der Waals surface area contributed by atoms with Crippen LogP contribution in [0.5, 0.6) is 0 Å². The van der Waals surface area contributed by atoms with Gasteiger partial charge in [-0.3, -0.25) is 0 Å². The number of benzene rings is 1. The molecule has 0 heterocycles. The molecule has 0 aliphatic heterocycles. The molecule has 1 aliphatic rings. The number of rotatable bonds is 5. The second-order valence-corrected chi connectivity index (χ2v) is 5.82. The van der Waals surface area contributed by atoms with Crippen molar-refractivity contribution < 1.29 is 5.11 Å². The van der Waals surface area contributed by atoms with E-state index in [0.29, 0.717) is 17.6 Å². The highest BCUT2D eigenvalue weighted by Crippen LogP contribution is 2.24. The van der Waals surface area contributed by atoms with Crippen molar-refractivity contribution in [1.29, 1.82) is 0 Å². The molecular formula is C15H22N2OS. The van der Waals surface area contributed by atoms with E-state index in [4.69, 9.17) is 18.0 Å². The van der Waals surface area contributed by atoms with Gasteiger partial charge in [0.2, 0.25) is 0 Å². The molecule has 1 unspecified atom stereocenters. The molecule has 1 aliphatic carbocycles. The third kappa shape index (κ3) is 3.75. The zero-order valence-electron chi connectivity index (χ0n) is 11.4. The number of thiocarbonyl (C=S) groups is 1. The van der Waals surface area contributed by atoms with Crippen molar-refractivity contribution in [2.45, 2.75) is 37.8 Å². The summed E-state index contributed by atoms with van der Waals surface area (Å²) in [5.74, 6) is 0. The first kappa shape index (κ1) is 14.4. The first-order chi connectivity index (χ1) is 9.08. The molecular weight excluding hydrogens is 256 g/mol. The lowest BCUT2D eigenvalue weighted by Crippen LogP contribution is -2.33. The van der Waals surface area contributed by atoms with Crippen LogP contribution in [0, 0.1) is 0 Å². The summed E-state index contributed by atoms with van der Waals surface area (Å²) in [5, 5.41) is 10.3. The average molecular weight is 278 g/mol. The molecule has 3 N–H and O–H groups in total. The van der Waals surface area contributed by atoms with Gasteiger partial charge in [0.1, 0.15) is 4.99 Å². The van der Waals surface area contributed by atoms with Gasteiger partial charge >= 0.3 is 0 Å². The molecule has 19 heavy (non-hydrogen) atoms. The van der Waals surface area contributed by atoms with Crippen LogP contribution in [0.3, 0.4) is 0 Å². The SMILES string of the molecule is CN(CC(O)c1ccc(C(N)=S)cc1)C1CCCC1. The predicted octanol–water partition coefficient (Wildman–Crippen LogP) is 2.23. The summed E-state index contributed by atoms with van der Waals surface area (Å²) in [7, 11) is 2.10. The second kappa shape index (κ2) is 6.46. The summed E-state index contributed by atoms with van der Waals surface area (Å²) in [5.41, 5.74) is 7.33. The van der Waals surface area contributed by atoms with Gasteiger partial charge in [-0.15, -0.1) is 0 Å². The minimum absolute atomic E-state index is 0.393. The Balaban J connectivity index is 1.95. The minimum Gasteiger partial charge on any atom is -0.389 e. The fraction of sp³-hybridized carbons (Fsp3) is 0.533. The van der Waals surface area contributed by atoms with Gasteiger partial charge < -0.3 is 15.7 Å². The molecule has 1 fully saturated rings. The molecule has 1 aromatic carbocycles. The molecule has 2 rings (SSSR count). The topological polar surface area (TPSA) is 49.5 Å². The predicted molar refractivity (Wildman–Crippen MR) is 82.2 cm³/mol. The van der Waals surface area contributed by atoms with Crippen molar-refractivity contribution in [3.05, 3.63) is 35.4 Å². The Morgan fingerprint density at radius 2 is 1.95 bits per heavy atom. The molecule has 104 valence electrons. The van der Waals surface area contributed by atoms with Crippen LogP contribution in [0.1, 0.15) is 42.9 Å². The molecule has 0 spiro atoms. The Kier molecular flexibility index (Phi) is 4.91. The maximum absolute atomic E-state index is 10.3. The normalized spacial score (nSPS) is 17.8. The number of aliphatic hydroxyl groups excluding tert-OH is 1. The third-order valence-corrected chi connectivity index (χ3v) is 4.22. The van der Waals surface area contributed by atoms with Crippen LogP contribution in [0.2, 0.25) is 0 Å². The average Bonchev–Trinajstić information content (AvgIpc) is 2.92. The summed E-state index contributed by atoms with van der Waals surface area (Å²) in [6.45, 7) is 0.678. The first-order valence-corrected chi connectivity index (χ1v) is 7.27. The summed E-state index contributed by atoms with van der Waals surface area (Å²) in [6, 6.07) is 8.18. The van der Waals surface area contributed by atoms with Gasteiger partial charge in [0, 0.05) is 18.2 Å². The molecule has 0 bridgehead atoms. The minimum atomic E-state index is -0.453. The first-order valence-electron chi connectivity index (χ1n) is 6.86. The number of nitrogens with zero attached hydrogens (tertiary/aromatic N) is 1. The van der Waals surface area contributed by atoms with E-state index in [0.717, 1.165) is 11.1 Å². The van der Waals surface area contributed by atoms with Gasteiger partial charge in [0.05, 0.1) is 6.10 Å². The molecule has 3 nitrogen and oxygen atoms in total. The molecule has 1 aromatic rings. The van der Waals surface area contributed by atoms with E-state index >= 15 is 0 Å². The van der Waals surface area contributed by atoms with Crippen LogP contribution in [-0.2, 0) is 0 Å². The van der Waals surface area contributed by atoms with E-state index in [1.54, 1.807) is 0 Å². The lowest BCUT2D eigenvalue weighted by Gasteiger charge is -2.26. The largest absolute Gasteiger partial charge is 0.389 e. The van der Waals surface area contributed by atoms with E-state index in [9.17, 15) is 5.11 Å². The highest BCUT2D eigenvalue weighted by molar-refractivity contribution is 7.80. The maximum atomic E-state index is 10.3. The van der Waals surface area contributed by atoms with Crippen molar-refractivity contribution >= 4 is 17.2 Å². The number of aliphatic hydroxyl groups is 1. The number of hydrogen-bond donors (Lipinski definition) is 2. The molecule has 0 aromatic heterocycles. The molecule has 0 saturated heterocycles. The zero-order chi connectivity index (χ0) is 13.8. The smallest absolute Gasteiger partial charge is 0.103 e. The Morgan fingerprint density at radius 3 is 2.47 bits per heavy atom. The molecule has 0 amide bonds. The number of hydrogen-bond acceptors (Lipinski definition) is 3. The van der Waals surface area contributed by atoms with Gasteiger partial charge in [0.25, 0.3) is 0 Å². The summed E-state index contributed by atoms with van der Waals surface area (Å²) in [6.07, 6.45) is 4.68. The molecule has 1 saturated carbocycles. The van der Waals surface area contributed by atoms with Crippen molar-refractivity contribution in [1.82, 2.24) is 4.90 Å². The summed E-state index contributed by atoms with van der Waals surface area (Å²) in [4.78, 5) is 2.67. The number of nitrogens with two attached hydrogens (primary N) is 1. The van der Waals surface area contributed by atoms with Crippen LogP contribution in [0.25, 0.3) is 0 Å². The summed E-state index contributed by atoms with van der Waals surface area (Å²) >= 11 is 4.92. The van der Waals surface area contributed by atoms with Crippen LogP contribution in [0.15, 0.2) is 24.3 Å². The monoisotopic (exact) mass is 278 g/mol. The second-order valence-electron chi connectivity index (χ2n) is 5.38. The van der Waals surface area contributed by atoms with E-state index in [1.165, 1.54) is 25.7 Å². The van der Waals surface area contributed by atoms with E-state index in [1.807, 2.05) is 24.3 Å². The van der Waals surface area contributed by atoms with Crippen molar-refractivity contribution in [2.24, 2.45) is 5.73 Å². The Hall–Kier alpha value is -0.970. The zero-order valence-corrected chi connectivity index (χ0v) is 12.2. The van der Waals surface area contributed by atoms with E-state index < -0.39 is 6.10 Å². The van der Waals surface area contributed by atoms with Gasteiger partial charge in [-0.05, 0) is 25.5 Å². The van der Waals surface area contributed by atoms with Gasteiger partial charge in [0.15, 0.2) is 0 Å². The lowest BCUT2D eigenvalue weighted by molar-refractivity contribution is 0.105. The van der Waals surface area contributed by atoms with E-state index in [-0.39, 0.29) is 0 Å². The molecule has 1 atom stereocenters. The van der Waals surface area contributed by atoms with Crippen molar-refractivity contribution in [3.8, 4) is 0 Å². The fourth-order valence-corrected chi connectivity index (χ4v) is 2.88. The van der Waals surface area contributed by atoms with Crippen LogP contribution in [0.4, 0.5) is 0 Å². The molecule has 4 heteroatoms. The number of likely N-dealkylation sites (N-methyl/N-ethyl adjacent to an activating group) is 1. The summed E-state index contributed by atoms with van der Waals surface area (Å²) < 4.78 is 0. The maximum Gasteiger partial charge on any atom is 0.103 e. The Bertz CT molecular complexity index is 426. The van der Waals surface area contributed by atoms with Crippen molar-refractivity contribution in [3.63, 3.8) is 0 Å². The highest BCUT2D eigenvalue weighted by Gasteiger charge is 2.21. The fourth-order valence-electron chi connectivity index (χ4n) is 2.74. The Morgan fingerprint density at radius 1 is 1.37 bits per heavy atom. The van der Waals surface area contributed by atoms with Gasteiger partial charge in [-0.1, -0.05) is 49.3 Å². The van der Waals surface area contributed by atoms with Crippen molar-refractivity contribution in [2.75, 3.05) is 13.6 Å². The lowest BCUT2D eigenvalue weighted by atomic mass is 10.1.